The number of hydrogen-bond donors (Lipinski definition) is 2. The summed E-state index contributed by atoms with van der Waals surface area (Å²) in [5.41, 5.74) is 13.3. The lowest BCUT2D eigenvalue weighted by atomic mass is 9.61. The number of amides is 1. The van der Waals surface area contributed by atoms with Crippen molar-refractivity contribution in [3.63, 3.8) is 0 Å². The van der Waals surface area contributed by atoms with Crippen molar-refractivity contribution in [2.45, 2.75) is 44.4 Å². The van der Waals surface area contributed by atoms with Gasteiger partial charge in [-0.15, -0.1) is 0 Å². The van der Waals surface area contributed by atoms with E-state index in [4.69, 9.17) is 11.1 Å². The fraction of sp³-hybridized carbons (Fsp3) is 0.429. The third kappa shape index (κ3) is 3.65. The molecule has 0 saturated carbocycles. The molecule has 3 N–H and O–H groups in total. The van der Waals surface area contributed by atoms with Gasteiger partial charge in [-0.25, -0.2) is 4.39 Å². The largest absolute Gasteiger partial charge is 0.398 e. The number of carbonyl (C=O) groups is 1. The second kappa shape index (κ2) is 8.66. The molecule has 5 rings (SSSR count). The smallest absolute Gasteiger partial charge is 0.256 e. The lowest BCUT2D eigenvalue weighted by Gasteiger charge is -2.43. The molecule has 1 amide bonds. The number of halogens is 1. The maximum absolute atomic E-state index is 15.4. The zero-order valence-corrected chi connectivity index (χ0v) is 20.1. The predicted octanol–water partition coefficient (Wildman–Crippen LogP) is 4.63. The van der Waals surface area contributed by atoms with Crippen LogP contribution in [0.2, 0.25) is 0 Å². The highest BCUT2D eigenvalue weighted by molar-refractivity contribution is 5.96. The van der Waals surface area contributed by atoms with Crippen molar-refractivity contribution in [3.8, 4) is 0 Å². The van der Waals surface area contributed by atoms with Gasteiger partial charge in [0.1, 0.15) is 5.82 Å². The zero-order chi connectivity index (χ0) is 24.0. The highest BCUT2D eigenvalue weighted by Gasteiger charge is 2.40. The van der Waals surface area contributed by atoms with Crippen LogP contribution in [-0.4, -0.2) is 55.1 Å². The highest BCUT2D eigenvalue weighted by atomic mass is 19.1. The number of piperazine rings is 1. The van der Waals surface area contributed by atoms with E-state index >= 15 is 4.39 Å². The number of nitrogens with two attached hydrogens (primary N) is 1. The van der Waals surface area contributed by atoms with E-state index in [1.165, 1.54) is 17.4 Å². The Morgan fingerprint density at radius 2 is 1.85 bits per heavy atom. The maximum atomic E-state index is 15.4. The summed E-state index contributed by atoms with van der Waals surface area (Å²) >= 11 is 0. The van der Waals surface area contributed by atoms with Gasteiger partial charge in [-0.1, -0.05) is 24.6 Å². The van der Waals surface area contributed by atoms with E-state index in [1.807, 2.05) is 19.2 Å². The number of benzene rings is 2. The van der Waals surface area contributed by atoms with Crippen LogP contribution in [0.1, 0.15) is 65.2 Å². The summed E-state index contributed by atoms with van der Waals surface area (Å²) in [6.07, 6.45) is 6.22. The number of nitrogen functional groups attached to an aromatic ring is 1. The minimum Gasteiger partial charge on any atom is -0.398 e. The van der Waals surface area contributed by atoms with Gasteiger partial charge < -0.3 is 20.9 Å². The van der Waals surface area contributed by atoms with Gasteiger partial charge >= 0.3 is 0 Å². The normalized spacial score (nSPS) is 22.9. The monoisotopic (exact) mass is 460 g/mol. The summed E-state index contributed by atoms with van der Waals surface area (Å²) in [7, 11) is 2.04. The van der Waals surface area contributed by atoms with Crippen LogP contribution in [0, 0.1) is 11.2 Å². The molecular weight excluding hydrogens is 427 g/mol. The molecule has 2 aromatic rings. The van der Waals surface area contributed by atoms with E-state index in [0.717, 1.165) is 67.4 Å². The Balaban J connectivity index is 1.55. The maximum Gasteiger partial charge on any atom is 0.256 e. The van der Waals surface area contributed by atoms with Crippen LogP contribution in [0.15, 0.2) is 35.9 Å². The molecule has 1 aliphatic heterocycles. The number of fused-ring (bicyclic) bond motifs is 2. The van der Waals surface area contributed by atoms with Crippen molar-refractivity contribution in [2.75, 3.05) is 39.0 Å². The fourth-order valence-electron chi connectivity index (χ4n) is 6.11. The second-order valence-corrected chi connectivity index (χ2v) is 10.2. The molecule has 0 bridgehead atoms. The van der Waals surface area contributed by atoms with Crippen molar-refractivity contribution in [1.29, 1.82) is 5.41 Å². The molecule has 34 heavy (non-hydrogen) atoms. The summed E-state index contributed by atoms with van der Waals surface area (Å²) in [6.45, 7) is 5.07. The Labute approximate surface area is 200 Å². The molecule has 5 nitrogen and oxygen atoms in total. The van der Waals surface area contributed by atoms with Crippen LogP contribution < -0.4 is 5.73 Å². The van der Waals surface area contributed by atoms with E-state index in [-0.39, 0.29) is 16.9 Å². The van der Waals surface area contributed by atoms with Crippen molar-refractivity contribution in [3.05, 3.63) is 69.5 Å². The molecule has 2 aromatic carbocycles. The van der Waals surface area contributed by atoms with Crippen molar-refractivity contribution in [2.24, 2.45) is 0 Å². The van der Waals surface area contributed by atoms with Crippen LogP contribution in [0.3, 0.4) is 0 Å². The highest BCUT2D eigenvalue weighted by Crippen LogP contribution is 2.51. The first-order valence-electron chi connectivity index (χ1n) is 12.3. The number of nitrogens with zero attached hydrogens (tertiary/aromatic N) is 2. The molecule has 2 aliphatic carbocycles. The Hall–Kier alpha value is -2.99. The summed E-state index contributed by atoms with van der Waals surface area (Å²) in [6, 6.07) is 9.16. The van der Waals surface area contributed by atoms with Gasteiger partial charge in [0.2, 0.25) is 0 Å². The number of allylic oxidation sites excluding steroid dienone is 2. The molecule has 0 aromatic heterocycles. The van der Waals surface area contributed by atoms with Gasteiger partial charge in [0.25, 0.3) is 5.91 Å². The SMILES string of the molecule is CN1CCN(C(=O)c2ccc(C3(C)Cc4ccc(N)c(C=N)c4C4=C3CCCC4)cc2F)CC1. The summed E-state index contributed by atoms with van der Waals surface area (Å²) in [4.78, 5) is 16.9. The molecule has 178 valence electrons. The van der Waals surface area contributed by atoms with Crippen LogP contribution in [0.25, 0.3) is 5.57 Å². The molecule has 6 heteroatoms. The standard InChI is InChI=1S/C28H33FN4O/c1-28(19-8-9-21(24(29)15-19)27(34)33-13-11-32(2)12-14-33)16-18-7-10-25(31)22(17-30)26(18)20-5-3-4-6-23(20)28/h7-10,15,17,30H,3-6,11-14,16,31H2,1-2H3. The third-order valence-electron chi connectivity index (χ3n) is 8.12. The Kier molecular flexibility index (Phi) is 5.80. The topological polar surface area (TPSA) is 73.4 Å². The number of carbonyl (C=O) groups excluding carboxylic acids is 1. The van der Waals surface area contributed by atoms with Crippen molar-refractivity contribution in [1.82, 2.24) is 9.80 Å². The Morgan fingerprint density at radius 3 is 2.56 bits per heavy atom. The van der Waals surface area contributed by atoms with E-state index in [1.54, 1.807) is 17.0 Å². The quantitative estimate of drug-likeness (QED) is 0.518. The molecule has 1 heterocycles. The molecule has 1 saturated heterocycles. The predicted molar refractivity (Wildman–Crippen MR) is 135 cm³/mol. The van der Waals surface area contributed by atoms with Crippen LogP contribution in [0.5, 0.6) is 0 Å². The first-order valence-corrected chi connectivity index (χ1v) is 12.3. The molecular formula is C28H33FN4O. The van der Waals surface area contributed by atoms with Crippen LogP contribution in [0.4, 0.5) is 10.1 Å². The third-order valence-corrected chi connectivity index (χ3v) is 8.12. The lowest BCUT2D eigenvalue weighted by molar-refractivity contribution is 0.0659. The number of rotatable bonds is 3. The average molecular weight is 461 g/mol. The van der Waals surface area contributed by atoms with Crippen molar-refractivity contribution >= 4 is 23.4 Å². The molecule has 3 aliphatic rings. The molecule has 0 radical (unpaired) electrons. The Morgan fingerprint density at radius 1 is 1.12 bits per heavy atom. The zero-order valence-electron chi connectivity index (χ0n) is 20.1. The van der Waals surface area contributed by atoms with Crippen molar-refractivity contribution < 1.29 is 9.18 Å². The Bertz CT molecular complexity index is 1200. The van der Waals surface area contributed by atoms with Gasteiger partial charge in [-0.3, -0.25) is 4.79 Å². The minimum absolute atomic E-state index is 0.157. The van der Waals surface area contributed by atoms with Gasteiger partial charge in [0.15, 0.2) is 0 Å². The van der Waals surface area contributed by atoms with Gasteiger partial charge in [0, 0.05) is 49.1 Å². The number of anilines is 1. The lowest BCUT2D eigenvalue weighted by Crippen LogP contribution is -2.47. The molecule has 0 spiro atoms. The van der Waals surface area contributed by atoms with E-state index in [9.17, 15) is 4.79 Å². The summed E-state index contributed by atoms with van der Waals surface area (Å²) in [5.74, 6) is -0.663. The summed E-state index contributed by atoms with van der Waals surface area (Å²) < 4.78 is 15.4. The first-order chi connectivity index (χ1) is 16.3. The van der Waals surface area contributed by atoms with Crippen LogP contribution >= 0.6 is 0 Å². The number of nitrogens with one attached hydrogen (secondary N) is 1. The number of hydrogen-bond acceptors (Lipinski definition) is 4. The second-order valence-electron chi connectivity index (χ2n) is 10.2. The van der Waals surface area contributed by atoms with Gasteiger partial charge in [-0.05, 0) is 79.6 Å². The van der Waals surface area contributed by atoms with Crippen LogP contribution in [-0.2, 0) is 11.8 Å². The number of likely N-dealkylation sites (N-methyl/N-ethyl adjacent to an activating group) is 1. The fourth-order valence-corrected chi connectivity index (χ4v) is 6.11. The average Bonchev–Trinajstić information content (AvgIpc) is 2.84. The molecule has 1 unspecified atom stereocenters. The van der Waals surface area contributed by atoms with E-state index in [2.05, 4.69) is 17.9 Å². The first kappa shape index (κ1) is 22.8. The minimum atomic E-state index is -0.441. The van der Waals surface area contributed by atoms with E-state index < -0.39 is 5.82 Å². The van der Waals surface area contributed by atoms with E-state index in [0.29, 0.717) is 18.8 Å². The summed E-state index contributed by atoms with van der Waals surface area (Å²) in [5, 5.41) is 7.97. The molecule has 1 fully saturated rings. The van der Waals surface area contributed by atoms with Gasteiger partial charge in [-0.2, -0.15) is 0 Å². The van der Waals surface area contributed by atoms with Gasteiger partial charge in [0.05, 0.1) is 5.56 Å². The molecule has 1 atom stereocenters.